The Bertz CT molecular complexity index is 657. The number of hydrogen-bond donors (Lipinski definition) is 1. The molecule has 0 saturated carbocycles. The van der Waals surface area contributed by atoms with Crippen molar-refractivity contribution in [1.29, 1.82) is 0 Å². The molecule has 3 rings (SSSR count). The first-order valence-corrected chi connectivity index (χ1v) is 8.17. The van der Waals surface area contributed by atoms with E-state index in [0.29, 0.717) is 6.61 Å². The molecule has 0 spiro atoms. The minimum atomic E-state index is -0.0262. The number of thioether (sulfide) groups is 1. The predicted octanol–water partition coefficient (Wildman–Crippen LogP) is 3.66. The molecule has 1 aliphatic rings. The lowest BCUT2D eigenvalue weighted by Crippen LogP contribution is -2.32. The number of fused-ring (bicyclic) bond motifs is 1. The fourth-order valence-electron chi connectivity index (χ4n) is 2.56. The maximum absolute atomic E-state index is 12.5. The van der Waals surface area contributed by atoms with Gasteiger partial charge in [-0.15, -0.1) is 11.8 Å². The topological polar surface area (TPSA) is 38.3 Å². The zero-order valence-electron chi connectivity index (χ0n) is 11.8. The molecule has 1 atom stereocenters. The van der Waals surface area contributed by atoms with E-state index >= 15 is 0 Å². The highest BCUT2D eigenvalue weighted by Crippen LogP contribution is 2.32. The van der Waals surface area contributed by atoms with E-state index in [1.165, 1.54) is 0 Å². The largest absolute Gasteiger partial charge is 0.493 e. The van der Waals surface area contributed by atoms with E-state index in [2.05, 4.69) is 5.32 Å². The summed E-state index contributed by atoms with van der Waals surface area (Å²) in [4.78, 5) is 13.5. The van der Waals surface area contributed by atoms with Crippen LogP contribution in [0.4, 0.5) is 0 Å². The third kappa shape index (κ3) is 2.90. The summed E-state index contributed by atoms with van der Waals surface area (Å²) in [5.41, 5.74) is 1.78. The third-order valence-corrected chi connectivity index (χ3v) is 4.41. The molecule has 0 aromatic heterocycles. The summed E-state index contributed by atoms with van der Waals surface area (Å²) < 4.78 is 5.63. The molecule has 0 unspecified atom stereocenters. The van der Waals surface area contributed by atoms with Crippen molar-refractivity contribution in [1.82, 2.24) is 5.32 Å². The maximum atomic E-state index is 12.5. The highest BCUT2D eigenvalue weighted by atomic mass is 32.2. The lowest BCUT2D eigenvalue weighted by molar-refractivity contribution is 0.0922. The van der Waals surface area contributed by atoms with Crippen LogP contribution < -0.4 is 10.1 Å². The van der Waals surface area contributed by atoms with Crippen LogP contribution in [0.2, 0.25) is 0 Å². The fourth-order valence-corrected chi connectivity index (χ4v) is 3.16. The van der Waals surface area contributed by atoms with Crippen LogP contribution >= 0.6 is 11.8 Å². The Morgan fingerprint density at radius 1 is 1.19 bits per heavy atom. The van der Waals surface area contributed by atoms with E-state index in [1.807, 2.05) is 54.8 Å². The summed E-state index contributed by atoms with van der Waals surface area (Å²) in [5.74, 6) is 0.842. The number of carbonyl (C=O) groups excluding carboxylic acids is 1. The number of hydrogen-bond acceptors (Lipinski definition) is 3. The van der Waals surface area contributed by atoms with Gasteiger partial charge in [0.15, 0.2) is 0 Å². The minimum Gasteiger partial charge on any atom is -0.493 e. The smallest absolute Gasteiger partial charge is 0.252 e. The van der Waals surface area contributed by atoms with Crippen LogP contribution in [0, 0.1) is 0 Å². The van der Waals surface area contributed by atoms with Gasteiger partial charge in [-0.25, -0.2) is 0 Å². The summed E-state index contributed by atoms with van der Waals surface area (Å²) in [7, 11) is 0. The van der Waals surface area contributed by atoms with Gasteiger partial charge in [-0.1, -0.05) is 30.3 Å². The maximum Gasteiger partial charge on any atom is 0.252 e. The van der Waals surface area contributed by atoms with Crippen LogP contribution in [0.5, 0.6) is 5.75 Å². The summed E-state index contributed by atoms with van der Waals surface area (Å²) in [6.45, 7) is 0.631. The molecule has 2 aromatic carbocycles. The van der Waals surface area contributed by atoms with Crippen molar-refractivity contribution in [3.63, 3.8) is 0 Å². The molecule has 1 N–H and O–H groups in total. The lowest BCUT2D eigenvalue weighted by atomic mass is 10.00. The van der Waals surface area contributed by atoms with E-state index in [1.54, 1.807) is 11.8 Å². The molecule has 3 nitrogen and oxygen atoms in total. The molecular formula is C17H17NO2S. The highest BCUT2D eigenvalue weighted by molar-refractivity contribution is 7.98. The van der Waals surface area contributed by atoms with Crippen LogP contribution in [0.15, 0.2) is 53.4 Å². The normalized spacial score (nSPS) is 16.7. The fraction of sp³-hybridized carbons (Fsp3) is 0.235. The van der Waals surface area contributed by atoms with Crippen molar-refractivity contribution in [2.45, 2.75) is 17.4 Å². The van der Waals surface area contributed by atoms with E-state index in [9.17, 15) is 4.79 Å². The van der Waals surface area contributed by atoms with Gasteiger partial charge in [-0.2, -0.15) is 0 Å². The predicted molar refractivity (Wildman–Crippen MR) is 85.0 cm³/mol. The van der Waals surface area contributed by atoms with Gasteiger partial charge in [-0.05, 0) is 24.5 Å². The van der Waals surface area contributed by atoms with Gasteiger partial charge < -0.3 is 10.1 Å². The number of carbonyl (C=O) groups is 1. The molecule has 1 heterocycles. The zero-order valence-corrected chi connectivity index (χ0v) is 12.7. The Morgan fingerprint density at radius 2 is 1.95 bits per heavy atom. The molecule has 21 heavy (non-hydrogen) atoms. The average molecular weight is 299 g/mol. The van der Waals surface area contributed by atoms with Crippen LogP contribution in [0.1, 0.15) is 28.4 Å². The molecule has 108 valence electrons. The molecule has 0 radical (unpaired) electrons. The first-order chi connectivity index (χ1) is 10.3. The van der Waals surface area contributed by atoms with Crippen molar-refractivity contribution in [2.75, 3.05) is 12.9 Å². The molecule has 0 saturated heterocycles. The Morgan fingerprint density at radius 3 is 2.81 bits per heavy atom. The van der Waals surface area contributed by atoms with Gasteiger partial charge in [0, 0.05) is 16.9 Å². The van der Waals surface area contributed by atoms with Crippen LogP contribution in [0.25, 0.3) is 0 Å². The number of ether oxygens (including phenoxy) is 1. The minimum absolute atomic E-state index is 0.0114. The summed E-state index contributed by atoms with van der Waals surface area (Å²) in [6.07, 6.45) is 2.78. The van der Waals surface area contributed by atoms with Crippen molar-refractivity contribution in [2.24, 2.45) is 0 Å². The first kappa shape index (κ1) is 14.0. The SMILES string of the molecule is CSc1ccccc1C(=O)N[C@H]1CCOc2ccccc21. The highest BCUT2D eigenvalue weighted by Gasteiger charge is 2.23. The Balaban J connectivity index is 1.83. The molecule has 0 bridgehead atoms. The third-order valence-electron chi connectivity index (χ3n) is 3.62. The van der Waals surface area contributed by atoms with Crippen LogP contribution in [-0.2, 0) is 0 Å². The summed E-state index contributed by atoms with van der Waals surface area (Å²) >= 11 is 1.59. The van der Waals surface area contributed by atoms with Gasteiger partial charge >= 0.3 is 0 Å². The molecule has 2 aromatic rings. The molecule has 1 aliphatic heterocycles. The molecule has 0 aliphatic carbocycles. The van der Waals surface area contributed by atoms with Gasteiger partial charge in [0.25, 0.3) is 5.91 Å². The van der Waals surface area contributed by atoms with E-state index in [-0.39, 0.29) is 11.9 Å². The number of rotatable bonds is 3. The molecular weight excluding hydrogens is 282 g/mol. The van der Waals surface area contributed by atoms with Gasteiger partial charge in [0.2, 0.25) is 0 Å². The number of nitrogens with one attached hydrogen (secondary N) is 1. The van der Waals surface area contributed by atoms with Crippen molar-refractivity contribution in [3.8, 4) is 5.75 Å². The Labute approximate surface area is 128 Å². The Hall–Kier alpha value is -1.94. The second kappa shape index (κ2) is 6.22. The monoisotopic (exact) mass is 299 g/mol. The van der Waals surface area contributed by atoms with Crippen LogP contribution in [-0.4, -0.2) is 18.8 Å². The standard InChI is InChI=1S/C17H17NO2S/c1-21-16-9-5-3-7-13(16)17(19)18-14-10-11-20-15-8-4-2-6-12(14)15/h2-9,14H,10-11H2,1H3,(H,18,19)/t14-/m0/s1. The van der Waals surface area contributed by atoms with Crippen LogP contribution in [0.3, 0.4) is 0 Å². The van der Waals surface area contributed by atoms with Crippen molar-refractivity contribution < 1.29 is 9.53 Å². The quantitative estimate of drug-likeness (QED) is 0.879. The second-order valence-corrected chi connectivity index (χ2v) is 5.75. The Kier molecular flexibility index (Phi) is 4.15. The summed E-state index contributed by atoms with van der Waals surface area (Å²) in [5, 5.41) is 3.13. The second-order valence-electron chi connectivity index (χ2n) is 4.90. The number of para-hydroxylation sites is 1. The zero-order chi connectivity index (χ0) is 14.7. The first-order valence-electron chi connectivity index (χ1n) is 6.95. The van der Waals surface area contributed by atoms with E-state index in [0.717, 1.165) is 28.2 Å². The van der Waals surface area contributed by atoms with Gasteiger partial charge in [0.05, 0.1) is 18.2 Å². The number of benzene rings is 2. The molecule has 0 fully saturated rings. The van der Waals surface area contributed by atoms with Gasteiger partial charge in [0.1, 0.15) is 5.75 Å². The van der Waals surface area contributed by atoms with Crippen molar-refractivity contribution in [3.05, 3.63) is 59.7 Å². The number of amides is 1. The summed E-state index contributed by atoms with van der Waals surface area (Å²) in [6, 6.07) is 15.6. The average Bonchev–Trinajstić information content (AvgIpc) is 2.55. The van der Waals surface area contributed by atoms with Gasteiger partial charge in [-0.3, -0.25) is 4.79 Å². The lowest BCUT2D eigenvalue weighted by Gasteiger charge is -2.26. The van der Waals surface area contributed by atoms with E-state index in [4.69, 9.17) is 4.74 Å². The van der Waals surface area contributed by atoms with Crippen molar-refractivity contribution >= 4 is 17.7 Å². The van der Waals surface area contributed by atoms with E-state index < -0.39 is 0 Å². The molecule has 4 heteroatoms. The molecule has 1 amide bonds.